The van der Waals surface area contributed by atoms with Crippen molar-refractivity contribution in [1.29, 1.82) is 0 Å². The normalized spacial score (nSPS) is 16.2. The molecule has 1 atom stereocenters. The highest BCUT2D eigenvalue weighted by Crippen LogP contribution is 2.20. The first-order valence-electron chi connectivity index (χ1n) is 8.94. The molecule has 1 saturated carbocycles. The quantitative estimate of drug-likeness (QED) is 0.893. The Morgan fingerprint density at radius 2 is 1.92 bits per heavy atom. The Morgan fingerprint density at radius 3 is 2.60 bits per heavy atom. The van der Waals surface area contributed by atoms with Crippen molar-refractivity contribution in [2.24, 2.45) is 0 Å². The lowest BCUT2D eigenvalue weighted by atomic mass is 9.96. The summed E-state index contributed by atoms with van der Waals surface area (Å²) in [6.45, 7) is 3.90. The number of urea groups is 1. The Morgan fingerprint density at radius 1 is 1.20 bits per heavy atom. The van der Waals surface area contributed by atoms with Gasteiger partial charge in [0.15, 0.2) is 5.82 Å². The lowest BCUT2D eigenvalue weighted by molar-refractivity contribution is 0.229. The van der Waals surface area contributed by atoms with E-state index in [0.717, 1.165) is 29.7 Å². The van der Waals surface area contributed by atoms with Crippen LogP contribution in [0.3, 0.4) is 0 Å². The van der Waals surface area contributed by atoms with Gasteiger partial charge in [-0.3, -0.25) is 4.98 Å². The van der Waals surface area contributed by atoms with Crippen molar-refractivity contribution in [2.75, 3.05) is 0 Å². The first-order chi connectivity index (χ1) is 12.1. The second kappa shape index (κ2) is 8.05. The predicted octanol–water partition coefficient (Wildman–Crippen LogP) is 3.54. The van der Waals surface area contributed by atoms with Crippen molar-refractivity contribution in [3.8, 4) is 11.4 Å². The highest BCUT2D eigenvalue weighted by atomic mass is 16.2. The molecule has 2 heterocycles. The van der Waals surface area contributed by atoms with Gasteiger partial charge in [-0.2, -0.15) is 0 Å². The fourth-order valence-corrected chi connectivity index (χ4v) is 3.29. The monoisotopic (exact) mass is 339 g/mol. The largest absolute Gasteiger partial charge is 0.335 e. The van der Waals surface area contributed by atoms with Crippen molar-refractivity contribution in [3.05, 3.63) is 42.0 Å². The van der Waals surface area contributed by atoms with Crippen LogP contribution in [-0.2, 0) is 0 Å². The average Bonchev–Trinajstić information content (AvgIpc) is 2.63. The van der Waals surface area contributed by atoms with Crippen LogP contribution in [0.4, 0.5) is 4.79 Å². The highest BCUT2D eigenvalue weighted by molar-refractivity contribution is 5.74. The van der Waals surface area contributed by atoms with E-state index in [1.807, 2.05) is 26.0 Å². The number of aromatic nitrogens is 3. The van der Waals surface area contributed by atoms with Crippen LogP contribution in [-0.4, -0.2) is 27.0 Å². The SMILES string of the molecule is Cc1nc(-c2ccncc2)ncc1[C@H](C)NC(=O)NC1CCCCC1. The fourth-order valence-electron chi connectivity index (χ4n) is 3.29. The molecule has 1 aliphatic rings. The van der Waals surface area contributed by atoms with Gasteiger partial charge < -0.3 is 10.6 Å². The Balaban J connectivity index is 1.63. The highest BCUT2D eigenvalue weighted by Gasteiger charge is 2.18. The van der Waals surface area contributed by atoms with Crippen LogP contribution < -0.4 is 10.6 Å². The van der Waals surface area contributed by atoms with Crippen molar-refractivity contribution in [1.82, 2.24) is 25.6 Å². The summed E-state index contributed by atoms with van der Waals surface area (Å²) in [7, 11) is 0. The van der Waals surface area contributed by atoms with E-state index in [9.17, 15) is 4.79 Å². The third-order valence-corrected chi connectivity index (χ3v) is 4.71. The standard InChI is InChI=1S/C19H25N5O/c1-13-17(12-21-18(22-13)15-8-10-20-11-9-15)14(2)23-19(25)24-16-6-4-3-5-7-16/h8-12,14,16H,3-7H2,1-2H3,(H2,23,24,25)/t14-/m0/s1. The van der Waals surface area contributed by atoms with E-state index in [1.54, 1.807) is 18.6 Å². The van der Waals surface area contributed by atoms with Crippen molar-refractivity contribution in [3.63, 3.8) is 0 Å². The van der Waals surface area contributed by atoms with E-state index in [-0.39, 0.29) is 12.1 Å². The molecule has 1 fully saturated rings. The van der Waals surface area contributed by atoms with E-state index in [4.69, 9.17) is 0 Å². The number of nitrogens with one attached hydrogen (secondary N) is 2. The van der Waals surface area contributed by atoms with Gasteiger partial charge in [0.25, 0.3) is 0 Å². The molecule has 1 aliphatic carbocycles. The number of amides is 2. The lowest BCUT2D eigenvalue weighted by Crippen LogP contribution is -2.43. The summed E-state index contributed by atoms with van der Waals surface area (Å²) in [5.41, 5.74) is 2.73. The van der Waals surface area contributed by atoms with Gasteiger partial charge in [0, 0.05) is 41.5 Å². The van der Waals surface area contributed by atoms with Gasteiger partial charge in [0.2, 0.25) is 0 Å². The molecule has 6 nitrogen and oxygen atoms in total. The predicted molar refractivity (Wildman–Crippen MR) is 97.0 cm³/mol. The Labute approximate surface area is 148 Å². The van der Waals surface area contributed by atoms with E-state index >= 15 is 0 Å². The van der Waals surface area contributed by atoms with Gasteiger partial charge >= 0.3 is 6.03 Å². The molecule has 2 aromatic rings. The number of carbonyl (C=O) groups excluding carboxylic acids is 1. The first-order valence-corrected chi connectivity index (χ1v) is 8.94. The number of hydrogen-bond donors (Lipinski definition) is 2. The first kappa shape index (κ1) is 17.3. The number of rotatable bonds is 4. The molecule has 6 heteroatoms. The van der Waals surface area contributed by atoms with Crippen LogP contribution in [0.1, 0.15) is 56.3 Å². The molecule has 0 aliphatic heterocycles. The maximum atomic E-state index is 12.2. The summed E-state index contributed by atoms with van der Waals surface area (Å²) >= 11 is 0. The van der Waals surface area contributed by atoms with Gasteiger partial charge in [-0.25, -0.2) is 14.8 Å². The minimum atomic E-state index is -0.143. The molecule has 0 aromatic carbocycles. The molecule has 2 aromatic heterocycles. The minimum Gasteiger partial charge on any atom is -0.335 e. The van der Waals surface area contributed by atoms with Crippen molar-refractivity contribution in [2.45, 2.75) is 58.0 Å². The minimum absolute atomic E-state index is 0.114. The third kappa shape index (κ3) is 4.53. The summed E-state index contributed by atoms with van der Waals surface area (Å²) < 4.78 is 0. The number of pyridine rings is 1. The van der Waals surface area contributed by atoms with Crippen LogP contribution >= 0.6 is 0 Å². The summed E-state index contributed by atoms with van der Waals surface area (Å²) in [4.78, 5) is 25.3. The molecule has 132 valence electrons. The second-order valence-corrected chi connectivity index (χ2v) is 6.64. The zero-order valence-electron chi connectivity index (χ0n) is 14.8. The number of aryl methyl sites for hydroxylation is 1. The van der Waals surface area contributed by atoms with E-state index in [0.29, 0.717) is 11.9 Å². The van der Waals surface area contributed by atoms with Gasteiger partial charge in [-0.1, -0.05) is 19.3 Å². The van der Waals surface area contributed by atoms with Gasteiger partial charge in [-0.05, 0) is 38.8 Å². The maximum Gasteiger partial charge on any atom is 0.315 e. The number of carbonyl (C=O) groups is 1. The third-order valence-electron chi connectivity index (χ3n) is 4.71. The zero-order chi connectivity index (χ0) is 17.6. The van der Waals surface area contributed by atoms with Gasteiger partial charge in [0.1, 0.15) is 0 Å². The number of nitrogens with zero attached hydrogens (tertiary/aromatic N) is 3. The molecular weight excluding hydrogens is 314 g/mol. The second-order valence-electron chi connectivity index (χ2n) is 6.64. The lowest BCUT2D eigenvalue weighted by Gasteiger charge is -2.24. The van der Waals surface area contributed by atoms with Gasteiger partial charge in [0.05, 0.1) is 6.04 Å². The van der Waals surface area contributed by atoms with Crippen LogP contribution in [0.15, 0.2) is 30.7 Å². The van der Waals surface area contributed by atoms with Crippen LogP contribution in [0, 0.1) is 6.92 Å². The molecule has 0 spiro atoms. The molecular formula is C19H25N5O. The molecule has 0 saturated heterocycles. The smallest absolute Gasteiger partial charge is 0.315 e. The molecule has 0 radical (unpaired) electrons. The summed E-state index contributed by atoms with van der Waals surface area (Å²) in [6.07, 6.45) is 11.1. The van der Waals surface area contributed by atoms with Crippen LogP contribution in [0.25, 0.3) is 11.4 Å². The average molecular weight is 339 g/mol. The summed E-state index contributed by atoms with van der Waals surface area (Å²) in [5.74, 6) is 0.669. The molecule has 25 heavy (non-hydrogen) atoms. The maximum absolute atomic E-state index is 12.2. The Hall–Kier alpha value is -2.50. The topological polar surface area (TPSA) is 79.8 Å². The molecule has 3 rings (SSSR count). The van der Waals surface area contributed by atoms with E-state index < -0.39 is 0 Å². The fraction of sp³-hybridized carbons (Fsp3) is 0.474. The van der Waals surface area contributed by atoms with Gasteiger partial charge in [-0.15, -0.1) is 0 Å². The Kier molecular flexibility index (Phi) is 5.58. The van der Waals surface area contributed by atoms with Crippen molar-refractivity contribution < 1.29 is 4.79 Å². The van der Waals surface area contributed by atoms with E-state index in [1.165, 1.54) is 19.3 Å². The van der Waals surface area contributed by atoms with Crippen LogP contribution in [0.2, 0.25) is 0 Å². The molecule has 0 unspecified atom stereocenters. The van der Waals surface area contributed by atoms with Crippen LogP contribution in [0.5, 0.6) is 0 Å². The zero-order valence-corrected chi connectivity index (χ0v) is 14.8. The molecule has 2 amide bonds. The molecule has 0 bridgehead atoms. The number of hydrogen-bond acceptors (Lipinski definition) is 4. The van der Waals surface area contributed by atoms with E-state index in [2.05, 4.69) is 25.6 Å². The van der Waals surface area contributed by atoms with Crippen molar-refractivity contribution >= 4 is 6.03 Å². The Bertz CT molecular complexity index is 713. The summed E-state index contributed by atoms with van der Waals surface area (Å²) in [5, 5.41) is 6.08. The molecule has 2 N–H and O–H groups in total. The summed E-state index contributed by atoms with van der Waals surface area (Å²) in [6, 6.07) is 3.81.